The summed E-state index contributed by atoms with van der Waals surface area (Å²) >= 11 is 0. The van der Waals surface area contributed by atoms with Crippen LogP contribution < -0.4 is 10.6 Å². The molecule has 0 spiro atoms. The Morgan fingerprint density at radius 1 is 1.15 bits per heavy atom. The summed E-state index contributed by atoms with van der Waals surface area (Å²) in [5.41, 5.74) is 7.31. The quantitative estimate of drug-likeness (QED) is 0.841. The van der Waals surface area contributed by atoms with Crippen molar-refractivity contribution in [1.82, 2.24) is 4.90 Å². The van der Waals surface area contributed by atoms with Crippen LogP contribution in [-0.2, 0) is 9.84 Å². The van der Waals surface area contributed by atoms with Crippen LogP contribution in [0.5, 0.6) is 0 Å². The standard InChI is InChI=1S/C14H21N3O2S/c1-20(18,19)13-4-2-3-12(14(13)15)17-9-7-16(8-10-17)11-5-6-11/h2-4,11H,5-10,15H2,1H3. The fraction of sp³-hybridized carbons (Fsp3) is 0.571. The predicted octanol–water partition coefficient (Wildman–Crippen LogP) is 0.957. The van der Waals surface area contributed by atoms with Crippen LogP contribution in [0.3, 0.4) is 0 Å². The first-order chi connectivity index (χ1) is 9.47. The summed E-state index contributed by atoms with van der Waals surface area (Å²) in [5.74, 6) is 0. The van der Waals surface area contributed by atoms with Gasteiger partial charge in [0.15, 0.2) is 9.84 Å². The third-order valence-electron chi connectivity index (χ3n) is 4.16. The Labute approximate surface area is 120 Å². The second-order valence-electron chi connectivity index (χ2n) is 5.72. The van der Waals surface area contributed by atoms with Gasteiger partial charge in [-0.1, -0.05) is 6.07 Å². The van der Waals surface area contributed by atoms with E-state index in [4.69, 9.17) is 5.73 Å². The number of hydrogen-bond acceptors (Lipinski definition) is 5. The fourth-order valence-corrected chi connectivity index (χ4v) is 3.73. The predicted molar refractivity (Wildman–Crippen MR) is 80.8 cm³/mol. The Kier molecular flexibility index (Phi) is 3.38. The molecule has 5 nitrogen and oxygen atoms in total. The Bertz CT molecular complexity index is 603. The zero-order valence-corrected chi connectivity index (χ0v) is 12.6. The van der Waals surface area contributed by atoms with E-state index < -0.39 is 9.84 Å². The molecule has 1 aliphatic heterocycles. The van der Waals surface area contributed by atoms with Crippen molar-refractivity contribution in [3.8, 4) is 0 Å². The van der Waals surface area contributed by atoms with E-state index in [-0.39, 0.29) is 4.90 Å². The molecule has 1 aromatic rings. The van der Waals surface area contributed by atoms with Gasteiger partial charge < -0.3 is 10.6 Å². The fourth-order valence-electron chi connectivity index (χ4n) is 2.90. The average molecular weight is 295 g/mol. The zero-order chi connectivity index (χ0) is 14.3. The number of nitrogens with zero attached hydrogens (tertiary/aromatic N) is 2. The largest absolute Gasteiger partial charge is 0.396 e. The molecule has 2 fully saturated rings. The molecule has 1 heterocycles. The van der Waals surface area contributed by atoms with Gasteiger partial charge in [-0.05, 0) is 25.0 Å². The molecule has 1 aromatic carbocycles. The van der Waals surface area contributed by atoms with E-state index >= 15 is 0 Å². The van der Waals surface area contributed by atoms with Crippen LogP contribution in [0.25, 0.3) is 0 Å². The summed E-state index contributed by atoms with van der Waals surface area (Å²) in [7, 11) is -3.27. The smallest absolute Gasteiger partial charge is 0.177 e. The van der Waals surface area contributed by atoms with Crippen molar-refractivity contribution in [2.24, 2.45) is 0 Å². The Hall–Kier alpha value is -1.27. The highest BCUT2D eigenvalue weighted by atomic mass is 32.2. The maximum atomic E-state index is 11.7. The minimum absolute atomic E-state index is 0.236. The van der Waals surface area contributed by atoms with Crippen LogP contribution in [0.1, 0.15) is 12.8 Å². The van der Waals surface area contributed by atoms with Crippen LogP contribution in [0.2, 0.25) is 0 Å². The molecule has 0 atom stereocenters. The van der Waals surface area contributed by atoms with E-state index in [1.54, 1.807) is 12.1 Å². The van der Waals surface area contributed by atoms with Crippen molar-refractivity contribution < 1.29 is 8.42 Å². The van der Waals surface area contributed by atoms with Crippen LogP contribution in [0.4, 0.5) is 11.4 Å². The minimum Gasteiger partial charge on any atom is -0.396 e. The Morgan fingerprint density at radius 3 is 2.35 bits per heavy atom. The van der Waals surface area contributed by atoms with Gasteiger partial charge in [0.25, 0.3) is 0 Å². The number of benzene rings is 1. The van der Waals surface area contributed by atoms with E-state index in [2.05, 4.69) is 9.80 Å². The Morgan fingerprint density at radius 2 is 1.80 bits per heavy atom. The van der Waals surface area contributed by atoms with Gasteiger partial charge in [0.2, 0.25) is 0 Å². The molecule has 20 heavy (non-hydrogen) atoms. The summed E-state index contributed by atoms with van der Waals surface area (Å²) in [5, 5.41) is 0. The molecule has 3 rings (SSSR count). The number of para-hydroxylation sites is 1. The maximum absolute atomic E-state index is 11.7. The van der Waals surface area contributed by atoms with E-state index in [0.29, 0.717) is 5.69 Å². The summed E-state index contributed by atoms with van der Waals surface area (Å²) in [6.07, 6.45) is 3.85. The van der Waals surface area contributed by atoms with Crippen LogP contribution in [0.15, 0.2) is 23.1 Å². The number of piperazine rings is 1. The zero-order valence-electron chi connectivity index (χ0n) is 11.7. The van der Waals surface area contributed by atoms with Gasteiger partial charge in [-0.3, -0.25) is 4.90 Å². The lowest BCUT2D eigenvalue weighted by Gasteiger charge is -2.36. The lowest BCUT2D eigenvalue weighted by atomic mass is 10.2. The third-order valence-corrected chi connectivity index (χ3v) is 5.32. The first kappa shape index (κ1) is 13.7. The number of hydrogen-bond donors (Lipinski definition) is 1. The maximum Gasteiger partial charge on any atom is 0.177 e. The van der Waals surface area contributed by atoms with Gasteiger partial charge in [0.05, 0.1) is 16.3 Å². The summed E-state index contributed by atoms with van der Waals surface area (Å²) < 4.78 is 23.5. The van der Waals surface area contributed by atoms with E-state index in [9.17, 15) is 8.42 Å². The number of nitrogen functional groups attached to an aromatic ring is 1. The molecule has 2 aliphatic rings. The molecule has 6 heteroatoms. The molecule has 0 amide bonds. The van der Waals surface area contributed by atoms with Crippen molar-refractivity contribution in [3.63, 3.8) is 0 Å². The van der Waals surface area contributed by atoms with Gasteiger partial charge in [-0.2, -0.15) is 0 Å². The van der Waals surface area contributed by atoms with Gasteiger partial charge in [0.1, 0.15) is 0 Å². The number of anilines is 2. The normalized spacial score (nSPS) is 21.1. The van der Waals surface area contributed by atoms with Crippen molar-refractivity contribution >= 4 is 21.2 Å². The summed E-state index contributed by atoms with van der Waals surface area (Å²) in [4.78, 5) is 4.95. The number of nitrogens with two attached hydrogens (primary N) is 1. The van der Waals surface area contributed by atoms with E-state index in [1.165, 1.54) is 19.1 Å². The Balaban J connectivity index is 1.81. The second-order valence-corrected chi connectivity index (χ2v) is 7.70. The molecule has 0 bridgehead atoms. The second kappa shape index (κ2) is 4.93. The topological polar surface area (TPSA) is 66.6 Å². The van der Waals surface area contributed by atoms with Gasteiger partial charge >= 0.3 is 0 Å². The van der Waals surface area contributed by atoms with E-state index in [0.717, 1.165) is 37.9 Å². The first-order valence-corrected chi connectivity index (χ1v) is 8.93. The van der Waals surface area contributed by atoms with Crippen LogP contribution >= 0.6 is 0 Å². The SMILES string of the molecule is CS(=O)(=O)c1cccc(N2CCN(C3CC3)CC2)c1N. The molecule has 2 N–H and O–H groups in total. The minimum atomic E-state index is -3.27. The molecule has 1 aliphatic carbocycles. The van der Waals surface area contributed by atoms with Gasteiger partial charge in [-0.25, -0.2) is 8.42 Å². The molecule has 0 radical (unpaired) electrons. The lowest BCUT2D eigenvalue weighted by Crippen LogP contribution is -2.47. The van der Waals surface area contributed by atoms with E-state index in [1.807, 2.05) is 6.07 Å². The summed E-state index contributed by atoms with van der Waals surface area (Å²) in [6, 6.07) is 6.05. The molecule has 0 unspecified atom stereocenters. The average Bonchev–Trinajstić information content (AvgIpc) is 3.22. The highest BCUT2D eigenvalue weighted by Crippen LogP contribution is 2.32. The molecule has 1 saturated carbocycles. The highest BCUT2D eigenvalue weighted by Gasteiger charge is 2.31. The van der Waals surface area contributed by atoms with Crippen molar-refractivity contribution in [3.05, 3.63) is 18.2 Å². The molecule has 1 saturated heterocycles. The van der Waals surface area contributed by atoms with Crippen LogP contribution in [0, 0.1) is 0 Å². The van der Waals surface area contributed by atoms with Crippen molar-refractivity contribution in [2.75, 3.05) is 43.1 Å². The summed E-state index contributed by atoms with van der Waals surface area (Å²) in [6.45, 7) is 3.89. The monoisotopic (exact) mass is 295 g/mol. The molecular weight excluding hydrogens is 274 g/mol. The molecule has 0 aromatic heterocycles. The van der Waals surface area contributed by atoms with Gasteiger partial charge in [-0.15, -0.1) is 0 Å². The highest BCUT2D eigenvalue weighted by molar-refractivity contribution is 7.90. The van der Waals surface area contributed by atoms with Crippen LogP contribution in [-0.4, -0.2) is 51.8 Å². The lowest BCUT2D eigenvalue weighted by molar-refractivity contribution is 0.248. The van der Waals surface area contributed by atoms with Crippen molar-refractivity contribution in [2.45, 2.75) is 23.8 Å². The number of rotatable bonds is 3. The third kappa shape index (κ3) is 2.62. The first-order valence-electron chi connectivity index (χ1n) is 7.04. The molecule has 110 valence electrons. The molecular formula is C14H21N3O2S. The van der Waals surface area contributed by atoms with Crippen molar-refractivity contribution in [1.29, 1.82) is 0 Å². The van der Waals surface area contributed by atoms with Gasteiger partial charge in [0, 0.05) is 38.5 Å². The number of sulfone groups is 1.